The smallest absolute Gasteiger partial charge is 0.213 e. The Labute approximate surface area is 163 Å². The molecular formula is C19H32N4O3S. The molecule has 8 heteroatoms. The van der Waals surface area contributed by atoms with Gasteiger partial charge in [-0.3, -0.25) is 4.99 Å². The van der Waals surface area contributed by atoms with Crippen LogP contribution in [0.4, 0.5) is 0 Å². The van der Waals surface area contributed by atoms with Gasteiger partial charge < -0.3 is 15.4 Å². The van der Waals surface area contributed by atoms with Crippen LogP contribution in [0.2, 0.25) is 0 Å². The molecule has 0 aromatic heterocycles. The van der Waals surface area contributed by atoms with Crippen LogP contribution in [0.1, 0.15) is 32.3 Å². The summed E-state index contributed by atoms with van der Waals surface area (Å²) in [5, 5.41) is 6.67. The van der Waals surface area contributed by atoms with E-state index in [4.69, 9.17) is 4.74 Å². The van der Waals surface area contributed by atoms with Crippen LogP contribution < -0.4 is 15.4 Å². The summed E-state index contributed by atoms with van der Waals surface area (Å²) in [7, 11) is -1.36. The van der Waals surface area contributed by atoms with E-state index in [0.717, 1.165) is 18.6 Å². The predicted molar refractivity (Wildman–Crippen MR) is 110 cm³/mol. The summed E-state index contributed by atoms with van der Waals surface area (Å²) < 4.78 is 31.4. The molecule has 0 amide bonds. The zero-order chi connectivity index (χ0) is 19.9. The number of aliphatic imine (C=N–C) groups is 1. The maximum Gasteiger partial charge on any atom is 0.213 e. The quantitative estimate of drug-likeness (QED) is 0.542. The van der Waals surface area contributed by atoms with Crippen LogP contribution in [-0.4, -0.2) is 63.3 Å². The molecule has 0 saturated carbocycles. The Morgan fingerprint density at radius 1 is 1.30 bits per heavy atom. The van der Waals surface area contributed by atoms with Gasteiger partial charge in [-0.05, 0) is 45.7 Å². The fourth-order valence-corrected chi connectivity index (χ4v) is 4.11. The molecule has 7 nitrogen and oxygen atoms in total. The first-order valence-corrected chi connectivity index (χ1v) is 11.1. The lowest BCUT2D eigenvalue weighted by Crippen LogP contribution is -2.51. The third-order valence-corrected chi connectivity index (χ3v) is 6.57. The average molecular weight is 397 g/mol. The van der Waals surface area contributed by atoms with E-state index in [1.807, 2.05) is 38.1 Å². The molecule has 1 heterocycles. The number of nitrogens with zero attached hydrogens (tertiary/aromatic N) is 2. The van der Waals surface area contributed by atoms with Gasteiger partial charge in [0.15, 0.2) is 5.96 Å². The highest BCUT2D eigenvalue weighted by Crippen LogP contribution is 2.15. The maximum absolute atomic E-state index is 11.9. The molecule has 0 spiro atoms. The van der Waals surface area contributed by atoms with Crippen molar-refractivity contribution in [3.8, 4) is 5.75 Å². The first-order chi connectivity index (χ1) is 12.8. The maximum atomic E-state index is 11.9. The molecule has 1 aliphatic heterocycles. The molecule has 1 saturated heterocycles. The first-order valence-electron chi connectivity index (χ1n) is 9.52. The monoisotopic (exact) mass is 396 g/mol. The topological polar surface area (TPSA) is 83.0 Å². The van der Waals surface area contributed by atoms with Gasteiger partial charge in [0.2, 0.25) is 10.0 Å². The lowest BCUT2D eigenvalue weighted by Gasteiger charge is -2.32. The largest absolute Gasteiger partial charge is 0.489 e. The number of hydrogen-bond acceptors (Lipinski definition) is 4. The van der Waals surface area contributed by atoms with Crippen LogP contribution in [0.15, 0.2) is 29.3 Å². The Morgan fingerprint density at radius 3 is 2.48 bits per heavy atom. The Morgan fingerprint density at radius 2 is 1.93 bits per heavy atom. The highest BCUT2D eigenvalue weighted by Gasteiger charge is 2.27. The van der Waals surface area contributed by atoms with Crippen LogP contribution in [0.25, 0.3) is 0 Å². The highest BCUT2D eigenvalue weighted by atomic mass is 32.2. The van der Waals surface area contributed by atoms with Crippen molar-refractivity contribution in [2.24, 2.45) is 4.99 Å². The lowest BCUT2D eigenvalue weighted by molar-refractivity contribution is 0.223. The molecule has 0 bridgehead atoms. The van der Waals surface area contributed by atoms with Gasteiger partial charge in [0.25, 0.3) is 0 Å². The van der Waals surface area contributed by atoms with Crippen molar-refractivity contribution >= 4 is 16.0 Å². The Kier molecular flexibility index (Phi) is 7.91. The van der Waals surface area contributed by atoms with Gasteiger partial charge in [0, 0.05) is 26.2 Å². The number of sulfonamides is 1. The van der Waals surface area contributed by atoms with Gasteiger partial charge in [0.05, 0.1) is 12.3 Å². The van der Waals surface area contributed by atoms with E-state index < -0.39 is 10.0 Å². The summed E-state index contributed by atoms with van der Waals surface area (Å²) in [6.07, 6.45) is 1.54. The Hall–Kier alpha value is -1.80. The molecule has 1 fully saturated rings. The van der Waals surface area contributed by atoms with E-state index in [-0.39, 0.29) is 17.9 Å². The number of aryl methyl sites for hydroxylation is 1. The van der Waals surface area contributed by atoms with Crippen molar-refractivity contribution in [3.63, 3.8) is 0 Å². The molecule has 27 heavy (non-hydrogen) atoms. The summed E-state index contributed by atoms with van der Waals surface area (Å²) in [5.41, 5.74) is 1.20. The SMILES string of the molecule is CCS(=O)(=O)N1CCC(NC(=NC)NCC(C)Oc2ccc(C)cc2)CC1. The minimum absolute atomic E-state index is 0.0113. The second-order valence-corrected chi connectivity index (χ2v) is 9.17. The lowest BCUT2D eigenvalue weighted by atomic mass is 10.1. The molecule has 1 aliphatic rings. The fraction of sp³-hybridized carbons (Fsp3) is 0.632. The number of hydrogen-bond donors (Lipinski definition) is 2. The molecule has 1 aromatic carbocycles. The summed E-state index contributed by atoms with van der Waals surface area (Å²) in [6, 6.07) is 8.21. The molecule has 152 valence electrons. The van der Waals surface area contributed by atoms with Gasteiger partial charge >= 0.3 is 0 Å². The second-order valence-electron chi connectivity index (χ2n) is 6.91. The Bertz CT molecular complexity index is 711. The molecule has 1 aromatic rings. The number of guanidine groups is 1. The Balaban J connectivity index is 1.75. The van der Waals surface area contributed by atoms with Crippen molar-refractivity contribution in [2.45, 2.75) is 45.8 Å². The molecule has 2 rings (SSSR count). The zero-order valence-electron chi connectivity index (χ0n) is 16.7. The summed E-state index contributed by atoms with van der Waals surface area (Å²) >= 11 is 0. The number of piperidine rings is 1. The van der Waals surface area contributed by atoms with Crippen LogP contribution in [0.5, 0.6) is 5.75 Å². The molecule has 0 radical (unpaired) electrons. The molecular weight excluding hydrogens is 364 g/mol. The van der Waals surface area contributed by atoms with Gasteiger partial charge in [-0.15, -0.1) is 0 Å². The zero-order valence-corrected chi connectivity index (χ0v) is 17.6. The first kappa shape index (κ1) is 21.5. The van der Waals surface area contributed by atoms with E-state index in [9.17, 15) is 8.42 Å². The van der Waals surface area contributed by atoms with Crippen molar-refractivity contribution in [2.75, 3.05) is 32.4 Å². The molecule has 2 N–H and O–H groups in total. The second kappa shape index (κ2) is 9.94. The molecule has 1 unspecified atom stereocenters. The normalized spacial score (nSPS) is 18.1. The van der Waals surface area contributed by atoms with Crippen LogP contribution >= 0.6 is 0 Å². The third kappa shape index (κ3) is 6.70. The predicted octanol–water partition coefficient (Wildman–Crippen LogP) is 1.74. The fourth-order valence-electron chi connectivity index (χ4n) is 2.98. The standard InChI is InChI=1S/C19H32N4O3S/c1-5-27(24,25)23-12-10-17(11-13-23)22-19(20-4)21-14-16(3)26-18-8-6-15(2)7-9-18/h6-9,16-17H,5,10-14H2,1-4H3,(H2,20,21,22). The minimum Gasteiger partial charge on any atom is -0.489 e. The van der Waals surface area contributed by atoms with Crippen LogP contribution in [0, 0.1) is 6.92 Å². The summed E-state index contributed by atoms with van der Waals surface area (Å²) in [5.74, 6) is 1.72. The molecule has 0 aliphatic carbocycles. The van der Waals surface area contributed by atoms with E-state index in [1.54, 1.807) is 18.3 Å². The van der Waals surface area contributed by atoms with E-state index in [0.29, 0.717) is 25.6 Å². The van der Waals surface area contributed by atoms with Gasteiger partial charge in [-0.1, -0.05) is 17.7 Å². The van der Waals surface area contributed by atoms with Crippen LogP contribution in [-0.2, 0) is 10.0 Å². The summed E-state index contributed by atoms with van der Waals surface area (Å²) in [4.78, 5) is 4.26. The van der Waals surface area contributed by atoms with E-state index in [2.05, 4.69) is 15.6 Å². The number of nitrogens with one attached hydrogen (secondary N) is 2. The van der Waals surface area contributed by atoms with Crippen molar-refractivity contribution in [1.82, 2.24) is 14.9 Å². The van der Waals surface area contributed by atoms with Crippen molar-refractivity contribution in [3.05, 3.63) is 29.8 Å². The van der Waals surface area contributed by atoms with Crippen molar-refractivity contribution < 1.29 is 13.2 Å². The molecule has 1 atom stereocenters. The number of ether oxygens (including phenoxy) is 1. The van der Waals surface area contributed by atoms with Crippen molar-refractivity contribution in [1.29, 1.82) is 0 Å². The van der Waals surface area contributed by atoms with Crippen LogP contribution in [0.3, 0.4) is 0 Å². The highest BCUT2D eigenvalue weighted by molar-refractivity contribution is 7.89. The summed E-state index contributed by atoms with van der Waals surface area (Å²) in [6.45, 7) is 7.47. The van der Waals surface area contributed by atoms with E-state index >= 15 is 0 Å². The number of rotatable bonds is 7. The average Bonchev–Trinajstić information content (AvgIpc) is 2.67. The third-order valence-electron chi connectivity index (χ3n) is 4.69. The van der Waals surface area contributed by atoms with Gasteiger partial charge in [-0.2, -0.15) is 0 Å². The van der Waals surface area contributed by atoms with E-state index in [1.165, 1.54) is 5.56 Å². The van der Waals surface area contributed by atoms with Gasteiger partial charge in [0.1, 0.15) is 11.9 Å². The minimum atomic E-state index is -3.09. The number of benzene rings is 1. The van der Waals surface area contributed by atoms with Gasteiger partial charge in [-0.25, -0.2) is 12.7 Å².